The molecular formula is C30H26N4O6. The average Bonchev–Trinajstić information content (AvgIpc) is 2.98. The van der Waals surface area contributed by atoms with Gasteiger partial charge in [0.15, 0.2) is 11.3 Å². The Morgan fingerprint density at radius 3 is 2.00 bits per heavy atom. The molecule has 5 rings (SSSR count). The maximum Gasteiger partial charge on any atom is 0.256 e. The maximum absolute atomic E-state index is 13.3. The molecule has 1 aliphatic carbocycles. The van der Waals surface area contributed by atoms with Crippen LogP contribution in [0.25, 0.3) is 22.6 Å². The van der Waals surface area contributed by atoms with E-state index in [0.717, 1.165) is 11.1 Å². The Kier molecular flexibility index (Phi) is 7.32. The van der Waals surface area contributed by atoms with Crippen LogP contribution in [0, 0.1) is 0 Å². The molecule has 0 atom stereocenters. The smallest absolute Gasteiger partial charge is 0.256 e. The molecule has 10 heteroatoms. The van der Waals surface area contributed by atoms with E-state index in [4.69, 9.17) is 19.6 Å². The number of carbonyl (C=O) groups excluding carboxylic acids is 2. The van der Waals surface area contributed by atoms with E-state index in [-0.39, 0.29) is 58.4 Å². The van der Waals surface area contributed by atoms with E-state index in [1.165, 1.54) is 6.07 Å². The summed E-state index contributed by atoms with van der Waals surface area (Å²) in [6.45, 7) is 0.450. The van der Waals surface area contributed by atoms with Gasteiger partial charge in [-0.05, 0) is 47.5 Å². The van der Waals surface area contributed by atoms with E-state index in [0.29, 0.717) is 11.5 Å². The van der Waals surface area contributed by atoms with Crippen LogP contribution in [0.4, 0.5) is 5.69 Å². The van der Waals surface area contributed by atoms with Crippen molar-refractivity contribution in [3.63, 3.8) is 0 Å². The van der Waals surface area contributed by atoms with Gasteiger partial charge in [0, 0.05) is 19.2 Å². The molecule has 0 radical (unpaired) electrons. The standard InChI is InChI=1S/C30H26N4O6/c1-38-19-10-6-17(7-11-19)15-32-29(36)21-4-3-5-23-27(21)34-28-24(40-23)14-22(35)26(31)25(28)30(37)33-16-18-8-12-20(39-2)13-9-18/h3-14H,15-16,31H2,1-2H3,(H,32,36)(H,33,37). The van der Waals surface area contributed by atoms with Gasteiger partial charge in [0.2, 0.25) is 5.43 Å². The fourth-order valence-corrected chi connectivity index (χ4v) is 4.23. The molecule has 0 aromatic heterocycles. The fourth-order valence-electron chi connectivity index (χ4n) is 4.23. The topological polar surface area (TPSA) is 146 Å². The highest BCUT2D eigenvalue weighted by molar-refractivity contribution is 6.07. The quantitative estimate of drug-likeness (QED) is 0.200. The Balaban J connectivity index is 1.47. The van der Waals surface area contributed by atoms with Gasteiger partial charge in [0.1, 0.15) is 22.7 Å². The van der Waals surface area contributed by atoms with Crippen molar-refractivity contribution in [2.24, 2.45) is 0 Å². The van der Waals surface area contributed by atoms with Crippen molar-refractivity contribution in [2.75, 3.05) is 20.0 Å². The summed E-state index contributed by atoms with van der Waals surface area (Å²) >= 11 is 0. The van der Waals surface area contributed by atoms with Gasteiger partial charge in [0.05, 0.1) is 31.0 Å². The molecule has 10 nitrogen and oxygen atoms in total. The molecule has 40 heavy (non-hydrogen) atoms. The zero-order valence-corrected chi connectivity index (χ0v) is 21.8. The minimum absolute atomic E-state index is 0.0761. The van der Waals surface area contributed by atoms with Crippen LogP contribution >= 0.6 is 0 Å². The Bertz CT molecular complexity index is 1730. The molecule has 0 bridgehead atoms. The number of nitrogens with one attached hydrogen (secondary N) is 2. The first-order valence-corrected chi connectivity index (χ1v) is 12.4. The minimum atomic E-state index is -0.598. The third-order valence-electron chi connectivity index (χ3n) is 6.41. The van der Waals surface area contributed by atoms with Gasteiger partial charge in [-0.2, -0.15) is 0 Å². The van der Waals surface area contributed by atoms with Crippen LogP contribution in [0.15, 0.2) is 82.0 Å². The van der Waals surface area contributed by atoms with E-state index in [9.17, 15) is 14.4 Å². The molecule has 0 saturated carbocycles. The monoisotopic (exact) mass is 538 g/mol. The van der Waals surface area contributed by atoms with Crippen LogP contribution in [0.1, 0.15) is 31.8 Å². The van der Waals surface area contributed by atoms with Crippen molar-refractivity contribution in [1.82, 2.24) is 15.6 Å². The second kappa shape index (κ2) is 11.2. The van der Waals surface area contributed by atoms with Crippen molar-refractivity contribution in [1.29, 1.82) is 0 Å². The summed E-state index contributed by atoms with van der Waals surface area (Å²) in [7, 11) is 3.15. The summed E-state index contributed by atoms with van der Waals surface area (Å²) < 4.78 is 16.3. The second-order valence-corrected chi connectivity index (χ2v) is 8.94. The van der Waals surface area contributed by atoms with E-state index in [1.807, 2.05) is 36.4 Å². The van der Waals surface area contributed by atoms with Crippen LogP contribution in [-0.4, -0.2) is 31.0 Å². The van der Waals surface area contributed by atoms with Crippen LogP contribution in [0.2, 0.25) is 0 Å². The van der Waals surface area contributed by atoms with Crippen molar-refractivity contribution in [3.8, 4) is 23.0 Å². The van der Waals surface area contributed by atoms with Crippen molar-refractivity contribution in [3.05, 3.63) is 105 Å². The summed E-state index contributed by atoms with van der Waals surface area (Å²) in [4.78, 5) is 43.6. The summed E-state index contributed by atoms with van der Waals surface area (Å²) in [6.07, 6.45) is 0. The lowest BCUT2D eigenvalue weighted by molar-refractivity contribution is 0.0944. The summed E-state index contributed by atoms with van der Waals surface area (Å²) in [5.74, 6) is 0.496. The second-order valence-electron chi connectivity index (χ2n) is 8.94. The van der Waals surface area contributed by atoms with Gasteiger partial charge < -0.3 is 30.3 Å². The zero-order valence-electron chi connectivity index (χ0n) is 21.8. The van der Waals surface area contributed by atoms with E-state index in [1.54, 1.807) is 44.6 Å². The molecule has 3 aromatic carbocycles. The lowest BCUT2D eigenvalue weighted by Crippen LogP contribution is -2.28. The molecule has 202 valence electrons. The molecule has 1 heterocycles. The zero-order chi connectivity index (χ0) is 28.2. The molecule has 2 amide bonds. The number of amides is 2. The molecule has 2 aliphatic rings. The third kappa shape index (κ3) is 5.28. The Morgan fingerprint density at radius 1 is 0.850 bits per heavy atom. The van der Waals surface area contributed by atoms with Crippen LogP contribution in [0.5, 0.6) is 11.5 Å². The van der Waals surface area contributed by atoms with Gasteiger partial charge in [-0.25, -0.2) is 4.98 Å². The number of aromatic nitrogens is 1. The Hall–Kier alpha value is -5.38. The van der Waals surface area contributed by atoms with Crippen LogP contribution < -0.4 is 31.3 Å². The van der Waals surface area contributed by atoms with Crippen molar-refractivity contribution in [2.45, 2.75) is 13.1 Å². The number of ether oxygens (including phenoxy) is 2. The first kappa shape index (κ1) is 26.2. The highest BCUT2D eigenvalue weighted by Gasteiger charge is 2.26. The first-order chi connectivity index (χ1) is 19.4. The number of benzene rings is 4. The number of rotatable bonds is 8. The van der Waals surface area contributed by atoms with Gasteiger partial charge in [0.25, 0.3) is 11.8 Å². The first-order valence-electron chi connectivity index (χ1n) is 12.4. The number of carbonyl (C=O) groups is 2. The average molecular weight is 539 g/mol. The summed E-state index contributed by atoms with van der Waals surface area (Å²) in [6, 6.07) is 20.6. The Morgan fingerprint density at radius 2 is 1.43 bits per heavy atom. The number of methoxy groups -OCH3 is 2. The lowest BCUT2D eigenvalue weighted by Gasteiger charge is -2.15. The van der Waals surface area contributed by atoms with E-state index < -0.39 is 11.3 Å². The molecular weight excluding hydrogens is 512 g/mol. The van der Waals surface area contributed by atoms with Crippen molar-refractivity contribution >= 4 is 28.6 Å². The lowest BCUT2D eigenvalue weighted by atomic mass is 10.0. The molecule has 1 aliphatic heterocycles. The van der Waals surface area contributed by atoms with Crippen LogP contribution in [-0.2, 0) is 13.1 Å². The molecule has 0 unspecified atom stereocenters. The number of hydrogen-bond donors (Lipinski definition) is 3. The number of para-hydroxylation sites is 1. The molecule has 3 aromatic rings. The van der Waals surface area contributed by atoms with Crippen molar-refractivity contribution < 1.29 is 23.5 Å². The van der Waals surface area contributed by atoms with Gasteiger partial charge >= 0.3 is 0 Å². The number of nitrogens with zero attached hydrogens (tertiary/aromatic N) is 1. The van der Waals surface area contributed by atoms with E-state index in [2.05, 4.69) is 15.6 Å². The number of anilines is 1. The van der Waals surface area contributed by atoms with Gasteiger partial charge in [-0.3, -0.25) is 14.4 Å². The number of fused-ring (bicyclic) bond motifs is 2. The molecule has 0 spiro atoms. The largest absolute Gasteiger partial charge is 0.497 e. The number of nitrogen functional groups attached to an aromatic ring is 1. The Labute approximate surface area is 229 Å². The summed E-state index contributed by atoms with van der Waals surface area (Å²) in [5, 5.41) is 5.65. The van der Waals surface area contributed by atoms with Gasteiger partial charge in [-0.15, -0.1) is 0 Å². The SMILES string of the molecule is COc1ccc(CNC(=O)c2c3nc4c(C(=O)NCc5ccc(OC)cc5)cccc4oc-3cc(=O)c2N)cc1. The highest BCUT2D eigenvalue weighted by Crippen LogP contribution is 2.31. The maximum atomic E-state index is 13.3. The molecule has 4 N–H and O–H groups in total. The van der Waals surface area contributed by atoms with E-state index >= 15 is 0 Å². The predicted molar refractivity (Wildman–Crippen MR) is 150 cm³/mol. The normalized spacial score (nSPS) is 10.8. The predicted octanol–water partition coefficient (Wildman–Crippen LogP) is 3.75. The number of nitrogens with two attached hydrogens (primary N) is 1. The highest BCUT2D eigenvalue weighted by atomic mass is 16.5. The summed E-state index contributed by atoms with van der Waals surface area (Å²) in [5.41, 5.74) is 7.64. The van der Waals surface area contributed by atoms with Gasteiger partial charge in [-0.1, -0.05) is 30.3 Å². The fraction of sp³-hybridized carbons (Fsp3) is 0.133. The molecule has 0 saturated heterocycles. The third-order valence-corrected chi connectivity index (χ3v) is 6.41. The van der Waals surface area contributed by atoms with Crippen LogP contribution in [0.3, 0.4) is 0 Å². The molecule has 0 fully saturated rings. The number of hydrogen-bond acceptors (Lipinski definition) is 8. The minimum Gasteiger partial charge on any atom is -0.497 e.